The van der Waals surface area contributed by atoms with E-state index in [1.54, 1.807) is 29.3 Å². The van der Waals surface area contributed by atoms with Gasteiger partial charge < -0.3 is 14.6 Å². The number of fused-ring (bicyclic) bond motifs is 1. The Hall–Kier alpha value is -3.46. The number of imidazole rings is 1. The number of carbonyl (C=O) groups excluding carboxylic acids is 1. The molecule has 0 atom stereocenters. The van der Waals surface area contributed by atoms with Crippen LogP contribution in [0, 0.1) is 0 Å². The Balaban J connectivity index is 1.69. The lowest BCUT2D eigenvalue weighted by Crippen LogP contribution is -2.16. The van der Waals surface area contributed by atoms with E-state index in [9.17, 15) is 13.6 Å². The molecule has 1 N–H and O–H groups in total. The maximum Gasteiger partial charge on any atom is 0.487 e. The lowest BCUT2D eigenvalue weighted by atomic mass is 10.0. The molecule has 166 valence electrons. The summed E-state index contributed by atoms with van der Waals surface area (Å²) >= 11 is 4.77. The molecule has 0 unspecified atom stereocenters. The summed E-state index contributed by atoms with van der Waals surface area (Å²) in [6, 6.07) is 11.0. The summed E-state index contributed by atoms with van der Waals surface area (Å²) in [5.41, 5.74) is 0.258. The number of benzene rings is 2. The number of ether oxygens (including phenoxy) is 1. The van der Waals surface area contributed by atoms with Crippen LogP contribution in [0.2, 0.25) is 0 Å². The third-order valence-electron chi connectivity index (χ3n) is 4.93. The van der Waals surface area contributed by atoms with Crippen molar-refractivity contribution in [2.24, 2.45) is 7.05 Å². The quantitative estimate of drug-likeness (QED) is 0.390. The summed E-state index contributed by atoms with van der Waals surface area (Å²) in [7, 11) is 1.83. The van der Waals surface area contributed by atoms with Gasteiger partial charge in [0.15, 0.2) is 0 Å². The Morgan fingerprint density at radius 2 is 1.91 bits per heavy atom. The van der Waals surface area contributed by atoms with Crippen molar-refractivity contribution < 1.29 is 18.3 Å². The van der Waals surface area contributed by atoms with Gasteiger partial charge in [0.2, 0.25) is 0 Å². The number of anilines is 1. The van der Waals surface area contributed by atoms with Gasteiger partial charge in [-0.3, -0.25) is 9.48 Å². The van der Waals surface area contributed by atoms with Crippen molar-refractivity contribution in [3.63, 3.8) is 0 Å². The fraction of sp³-hybridized carbons (Fsp3) is 0.227. The van der Waals surface area contributed by atoms with Crippen molar-refractivity contribution in [3.05, 3.63) is 60.6 Å². The highest BCUT2D eigenvalue weighted by atomic mass is 35.5. The molecular formula is C22H20ClF2N5O2. The first kappa shape index (κ1) is 21.8. The molecule has 0 aliphatic heterocycles. The first-order chi connectivity index (χ1) is 15.1. The van der Waals surface area contributed by atoms with Gasteiger partial charge in [-0.25, -0.2) is 4.98 Å². The maximum absolute atomic E-state index is 13.0. The van der Waals surface area contributed by atoms with Crippen LogP contribution < -0.4 is 10.1 Å². The summed E-state index contributed by atoms with van der Waals surface area (Å²) < 4.78 is 33.6. The first-order valence-electron chi connectivity index (χ1n) is 9.78. The molecule has 0 radical (unpaired) electrons. The largest absolute Gasteiger partial charge is 0.487 e. The van der Waals surface area contributed by atoms with Crippen LogP contribution in [0.15, 0.2) is 55.0 Å². The molecule has 32 heavy (non-hydrogen) atoms. The van der Waals surface area contributed by atoms with E-state index in [1.807, 2.05) is 17.7 Å². The lowest BCUT2D eigenvalue weighted by Gasteiger charge is -2.14. The van der Waals surface area contributed by atoms with Crippen molar-refractivity contribution in [1.82, 2.24) is 19.3 Å². The molecule has 0 spiro atoms. The molecule has 0 aliphatic carbocycles. The van der Waals surface area contributed by atoms with Gasteiger partial charge >= 0.3 is 5.57 Å². The molecule has 0 saturated carbocycles. The number of carbonyl (C=O) groups is 1. The van der Waals surface area contributed by atoms with Crippen LogP contribution in [0.4, 0.5) is 14.5 Å². The number of rotatable bonds is 6. The predicted molar refractivity (Wildman–Crippen MR) is 118 cm³/mol. The average Bonchev–Trinajstić information content (AvgIpc) is 3.33. The number of aromatic nitrogens is 4. The topological polar surface area (TPSA) is 74.0 Å². The Morgan fingerprint density at radius 3 is 2.50 bits per heavy atom. The Bertz CT molecular complexity index is 1280. The molecule has 7 nitrogen and oxygen atoms in total. The van der Waals surface area contributed by atoms with Crippen LogP contribution in [0.1, 0.15) is 30.2 Å². The van der Waals surface area contributed by atoms with E-state index in [-0.39, 0.29) is 17.7 Å². The van der Waals surface area contributed by atoms with Gasteiger partial charge in [0, 0.05) is 47.7 Å². The Kier molecular flexibility index (Phi) is 5.60. The minimum atomic E-state index is -3.80. The Labute approximate surface area is 187 Å². The minimum Gasteiger partial charge on any atom is -0.420 e. The van der Waals surface area contributed by atoms with Crippen LogP contribution >= 0.6 is 11.6 Å². The van der Waals surface area contributed by atoms with E-state index in [4.69, 9.17) is 11.6 Å². The molecule has 2 aromatic heterocycles. The molecule has 0 fully saturated rings. The van der Waals surface area contributed by atoms with Crippen LogP contribution in [0.3, 0.4) is 0 Å². The molecule has 2 heterocycles. The first-order valence-corrected chi connectivity index (χ1v) is 10.2. The van der Waals surface area contributed by atoms with E-state index in [1.165, 1.54) is 24.3 Å². The van der Waals surface area contributed by atoms with Crippen LogP contribution in [0.25, 0.3) is 22.3 Å². The lowest BCUT2D eigenvalue weighted by molar-refractivity contribution is -0.0964. The second-order valence-electron chi connectivity index (χ2n) is 7.50. The highest BCUT2D eigenvalue weighted by Crippen LogP contribution is 2.32. The number of nitrogens with one attached hydrogen (secondary N) is 1. The number of alkyl halides is 3. The van der Waals surface area contributed by atoms with Gasteiger partial charge in [-0.1, -0.05) is 0 Å². The number of hydrogen-bond donors (Lipinski definition) is 1. The zero-order valence-corrected chi connectivity index (χ0v) is 18.3. The molecule has 4 rings (SSSR count). The highest BCUT2D eigenvalue weighted by Gasteiger charge is 2.27. The van der Waals surface area contributed by atoms with Crippen molar-refractivity contribution in [1.29, 1.82) is 0 Å². The van der Waals surface area contributed by atoms with Gasteiger partial charge in [0.05, 0.1) is 23.1 Å². The second kappa shape index (κ2) is 8.23. The predicted octanol–water partition coefficient (Wildman–Crippen LogP) is 5.44. The number of amides is 1. The van der Waals surface area contributed by atoms with Crippen molar-refractivity contribution in [2.75, 3.05) is 5.32 Å². The third kappa shape index (κ3) is 4.43. The number of halogens is 3. The zero-order valence-electron chi connectivity index (χ0n) is 17.5. The summed E-state index contributed by atoms with van der Waals surface area (Å²) in [6.45, 7) is 4.12. The van der Waals surface area contributed by atoms with E-state index in [2.05, 4.69) is 34.0 Å². The van der Waals surface area contributed by atoms with Crippen LogP contribution in [0.5, 0.6) is 5.75 Å². The highest BCUT2D eigenvalue weighted by molar-refractivity contribution is 6.20. The van der Waals surface area contributed by atoms with Gasteiger partial charge in [-0.05, 0) is 56.3 Å². The normalized spacial score (nSPS) is 11.8. The fourth-order valence-corrected chi connectivity index (χ4v) is 3.56. The molecule has 2 aromatic carbocycles. The van der Waals surface area contributed by atoms with Crippen LogP contribution in [-0.4, -0.2) is 30.8 Å². The van der Waals surface area contributed by atoms with E-state index < -0.39 is 5.57 Å². The SMILES string of the molecule is CC(C)n1cnc2cc(C(=O)Nc3ccc(OC(F)(F)Cl)cc3)cc(-c3ccnn3C)c21. The summed E-state index contributed by atoms with van der Waals surface area (Å²) in [6.07, 6.45) is 3.44. The van der Waals surface area contributed by atoms with Crippen molar-refractivity contribution in [2.45, 2.75) is 25.5 Å². The summed E-state index contributed by atoms with van der Waals surface area (Å²) in [5, 5.41) is 7.00. The summed E-state index contributed by atoms with van der Waals surface area (Å²) in [5.74, 6) is -0.493. The second-order valence-corrected chi connectivity index (χ2v) is 7.94. The number of aryl methyl sites for hydroxylation is 1. The molecule has 10 heteroatoms. The maximum atomic E-state index is 13.0. The Morgan fingerprint density at radius 1 is 1.19 bits per heavy atom. The fourth-order valence-electron chi connectivity index (χ4n) is 3.47. The monoisotopic (exact) mass is 459 g/mol. The number of nitrogens with zero attached hydrogens (tertiary/aromatic N) is 4. The van der Waals surface area contributed by atoms with Gasteiger partial charge in [-0.2, -0.15) is 5.10 Å². The molecular weight excluding hydrogens is 440 g/mol. The smallest absolute Gasteiger partial charge is 0.420 e. The molecule has 0 saturated heterocycles. The third-order valence-corrected chi connectivity index (χ3v) is 5.01. The van der Waals surface area contributed by atoms with Gasteiger partial charge in [0.1, 0.15) is 5.75 Å². The molecule has 4 aromatic rings. The van der Waals surface area contributed by atoms with E-state index in [0.29, 0.717) is 16.8 Å². The molecule has 0 aliphatic rings. The van der Waals surface area contributed by atoms with Crippen molar-refractivity contribution in [3.8, 4) is 17.0 Å². The number of hydrogen-bond acceptors (Lipinski definition) is 4. The van der Waals surface area contributed by atoms with E-state index in [0.717, 1.165) is 16.8 Å². The zero-order chi connectivity index (χ0) is 23.0. The van der Waals surface area contributed by atoms with Crippen LogP contribution in [-0.2, 0) is 7.05 Å². The van der Waals surface area contributed by atoms with E-state index >= 15 is 0 Å². The molecule has 0 bridgehead atoms. The standard InChI is InChI=1S/C22H20ClF2N5O2/c1-13(2)30-12-26-18-11-14(10-17(20(18)30)19-8-9-27-29(19)3)21(31)28-15-4-6-16(7-5-15)32-22(23,24)25/h4-13H,1-3H3,(H,28,31). The van der Waals surface area contributed by atoms with Gasteiger partial charge in [-0.15, -0.1) is 8.78 Å². The van der Waals surface area contributed by atoms with Crippen molar-refractivity contribution >= 4 is 34.2 Å². The molecule has 1 amide bonds. The minimum absolute atomic E-state index is 0.123. The average molecular weight is 460 g/mol. The van der Waals surface area contributed by atoms with Gasteiger partial charge in [0.25, 0.3) is 5.91 Å². The summed E-state index contributed by atoms with van der Waals surface area (Å²) in [4.78, 5) is 17.5.